The monoisotopic (exact) mass is 249 g/mol. The van der Waals surface area contributed by atoms with E-state index in [1.165, 1.54) is 0 Å². The van der Waals surface area contributed by atoms with Gasteiger partial charge in [-0.15, -0.1) is 0 Å². The highest BCUT2D eigenvalue weighted by atomic mass is 16.5. The van der Waals surface area contributed by atoms with Crippen molar-refractivity contribution in [2.75, 3.05) is 27.2 Å². The van der Waals surface area contributed by atoms with Gasteiger partial charge in [0.1, 0.15) is 5.75 Å². The molecule has 4 nitrogen and oxygen atoms in total. The van der Waals surface area contributed by atoms with Crippen LogP contribution in [0.5, 0.6) is 5.75 Å². The number of benzene rings is 1. The van der Waals surface area contributed by atoms with E-state index in [0.717, 1.165) is 24.4 Å². The Morgan fingerprint density at radius 3 is 2.61 bits per heavy atom. The molecule has 1 heterocycles. The Morgan fingerprint density at radius 1 is 1.39 bits per heavy atom. The maximum atomic E-state index is 11.3. The van der Waals surface area contributed by atoms with Gasteiger partial charge in [-0.2, -0.15) is 0 Å². The van der Waals surface area contributed by atoms with Crippen molar-refractivity contribution < 1.29 is 14.6 Å². The molecule has 0 bridgehead atoms. The van der Waals surface area contributed by atoms with Gasteiger partial charge in [0.25, 0.3) is 0 Å². The SMILES string of the molecule is COc1ccc(C2CN(C)CCC2C(=O)O)cc1. The molecular weight excluding hydrogens is 230 g/mol. The minimum Gasteiger partial charge on any atom is -0.497 e. The summed E-state index contributed by atoms with van der Waals surface area (Å²) in [5, 5.41) is 9.31. The Labute approximate surface area is 107 Å². The molecule has 1 aliphatic rings. The van der Waals surface area contributed by atoms with Crippen LogP contribution in [0.4, 0.5) is 0 Å². The average Bonchev–Trinajstić information content (AvgIpc) is 2.38. The lowest BCUT2D eigenvalue weighted by molar-refractivity contribution is -0.144. The van der Waals surface area contributed by atoms with Crippen LogP contribution in [0.25, 0.3) is 0 Å². The highest BCUT2D eigenvalue weighted by Gasteiger charge is 2.33. The summed E-state index contributed by atoms with van der Waals surface area (Å²) in [6, 6.07) is 7.73. The highest BCUT2D eigenvalue weighted by Crippen LogP contribution is 2.32. The number of aliphatic carboxylic acids is 1. The van der Waals surface area contributed by atoms with Gasteiger partial charge in [0.2, 0.25) is 0 Å². The molecule has 98 valence electrons. The van der Waals surface area contributed by atoms with Crippen molar-refractivity contribution in [2.24, 2.45) is 5.92 Å². The van der Waals surface area contributed by atoms with E-state index in [2.05, 4.69) is 4.90 Å². The number of methoxy groups -OCH3 is 1. The van der Waals surface area contributed by atoms with Crippen LogP contribution in [0.15, 0.2) is 24.3 Å². The third-order valence-corrected chi connectivity index (χ3v) is 3.68. The largest absolute Gasteiger partial charge is 0.497 e. The van der Waals surface area contributed by atoms with Gasteiger partial charge in [-0.25, -0.2) is 0 Å². The second-order valence-electron chi connectivity index (χ2n) is 4.88. The van der Waals surface area contributed by atoms with Crippen LogP contribution in [0.2, 0.25) is 0 Å². The molecule has 0 radical (unpaired) electrons. The van der Waals surface area contributed by atoms with Crippen LogP contribution < -0.4 is 4.74 Å². The Kier molecular flexibility index (Phi) is 3.87. The average molecular weight is 249 g/mol. The van der Waals surface area contributed by atoms with E-state index in [9.17, 15) is 9.90 Å². The van der Waals surface area contributed by atoms with E-state index >= 15 is 0 Å². The first-order chi connectivity index (χ1) is 8.61. The molecule has 1 aliphatic heterocycles. The number of hydrogen-bond acceptors (Lipinski definition) is 3. The van der Waals surface area contributed by atoms with Crippen molar-refractivity contribution in [3.8, 4) is 5.75 Å². The molecule has 0 saturated carbocycles. The molecule has 1 N–H and O–H groups in total. The molecule has 2 unspecified atom stereocenters. The molecule has 0 aromatic heterocycles. The predicted molar refractivity (Wildman–Crippen MR) is 69.0 cm³/mol. The van der Waals surface area contributed by atoms with Crippen LogP contribution >= 0.6 is 0 Å². The fourth-order valence-corrected chi connectivity index (χ4v) is 2.60. The molecule has 2 rings (SSSR count). The molecule has 1 aromatic rings. The summed E-state index contributed by atoms with van der Waals surface area (Å²) < 4.78 is 5.13. The zero-order valence-corrected chi connectivity index (χ0v) is 10.8. The molecular formula is C14H19NO3. The van der Waals surface area contributed by atoms with Crippen LogP contribution in [0.1, 0.15) is 17.9 Å². The van der Waals surface area contributed by atoms with Crippen molar-refractivity contribution in [3.63, 3.8) is 0 Å². The molecule has 2 atom stereocenters. The van der Waals surface area contributed by atoms with Crippen molar-refractivity contribution in [1.29, 1.82) is 0 Å². The maximum Gasteiger partial charge on any atom is 0.307 e. The van der Waals surface area contributed by atoms with E-state index in [1.807, 2.05) is 31.3 Å². The predicted octanol–water partition coefficient (Wildman–Crippen LogP) is 1.82. The van der Waals surface area contributed by atoms with Gasteiger partial charge < -0.3 is 14.7 Å². The number of carboxylic acids is 1. The summed E-state index contributed by atoms with van der Waals surface area (Å²) in [6.45, 7) is 1.65. The minimum absolute atomic E-state index is 0.0622. The van der Waals surface area contributed by atoms with Crippen LogP contribution in [0.3, 0.4) is 0 Å². The number of carbonyl (C=O) groups is 1. The number of carboxylic acid groups (broad SMARTS) is 1. The van der Waals surface area contributed by atoms with Gasteiger partial charge in [-0.1, -0.05) is 12.1 Å². The van der Waals surface area contributed by atoms with Gasteiger partial charge in [0.05, 0.1) is 13.0 Å². The van der Waals surface area contributed by atoms with E-state index < -0.39 is 5.97 Å². The molecule has 1 fully saturated rings. The van der Waals surface area contributed by atoms with E-state index in [4.69, 9.17) is 4.74 Å². The molecule has 0 spiro atoms. The Morgan fingerprint density at radius 2 is 2.06 bits per heavy atom. The second-order valence-corrected chi connectivity index (χ2v) is 4.88. The fraction of sp³-hybridized carbons (Fsp3) is 0.500. The first-order valence-corrected chi connectivity index (χ1v) is 6.17. The Hall–Kier alpha value is -1.55. The lowest BCUT2D eigenvalue weighted by Crippen LogP contribution is -2.39. The van der Waals surface area contributed by atoms with Crippen LogP contribution in [0, 0.1) is 5.92 Å². The zero-order valence-electron chi connectivity index (χ0n) is 10.8. The number of ether oxygens (including phenoxy) is 1. The zero-order chi connectivity index (χ0) is 13.1. The molecule has 1 saturated heterocycles. The Balaban J connectivity index is 2.23. The van der Waals surface area contributed by atoms with E-state index in [1.54, 1.807) is 7.11 Å². The molecule has 0 aliphatic carbocycles. The van der Waals surface area contributed by atoms with Gasteiger partial charge >= 0.3 is 5.97 Å². The third-order valence-electron chi connectivity index (χ3n) is 3.68. The van der Waals surface area contributed by atoms with Crippen molar-refractivity contribution in [2.45, 2.75) is 12.3 Å². The summed E-state index contributed by atoms with van der Waals surface area (Å²) in [4.78, 5) is 13.5. The first kappa shape index (κ1) is 12.9. The standard InChI is InChI=1S/C14H19NO3/c1-15-8-7-12(14(16)17)13(9-15)10-3-5-11(18-2)6-4-10/h3-6,12-13H,7-9H2,1-2H3,(H,16,17). The van der Waals surface area contributed by atoms with Crippen LogP contribution in [-0.2, 0) is 4.79 Å². The topological polar surface area (TPSA) is 49.8 Å². The maximum absolute atomic E-state index is 11.3. The second kappa shape index (κ2) is 5.40. The fourth-order valence-electron chi connectivity index (χ4n) is 2.60. The molecule has 0 amide bonds. The molecule has 18 heavy (non-hydrogen) atoms. The third kappa shape index (κ3) is 2.64. The van der Waals surface area contributed by atoms with Crippen molar-refractivity contribution in [3.05, 3.63) is 29.8 Å². The highest BCUT2D eigenvalue weighted by molar-refractivity contribution is 5.71. The van der Waals surface area contributed by atoms with Gasteiger partial charge in [0.15, 0.2) is 0 Å². The summed E-state index contributed by atoms with van der Waals surface area (Å²) in [5.41, 5.74) is 1.08. The normalized spacial score (nSPS) is 24.8. The summed E-state index contributed by atoms with van der Waals surface area (Å²) in [5.74, 6) is -0.111. The summed E-state index contributed by atoms with van der Waals surface area (Å²) in [6.07, 6.45) is 0.711. The smallest absolute Gasteiger partial charge is 0.307 e. The molecule has 1 aromatic carbocycles. The lowest BCUT2D eigenvalue weighted by Gasteiger charge is -2.34. The van der Waals surface area contributed by atoms with Crippen molar-refractivity contribution >= 4 is 5.97 Å². The van der Waals surface area contributed by atoms with Crippen LogP contribution in [-0.4, -0.2) is 43.2 Å². The summed E-state index contributed by atoms with van der Waals surface area (Å²) >= 11 is 0. The van der Waals surface area contributed by atoms with E-state index in [-0.39, 0.29) is 11.8 Å². The minimum atomic E-state index is -0.691. The van der Waals surface area contributed by atoms with E-state index in [0.29, 0.717) is 6.42 Å². The number of hydrogen-bond donors (Lipinski definition) is 1. The first-order valence-electron chi connectivity index (χ1n) is 6.17. The summed E-state index contributed by atoms with van der Waals surface area (Å²) in [7, 11) is 3.66. The lowest BCUT2D eigenvalue weighted by atomic mass is 9.81. The number of likely N-dealkylation sites (tertiary alicyclic amines) is 1. The number of rotatable bonds is 3. The number of piperidine rings is 1. The van der Waals surface area contributed by atoms with Crippen molar-refractivity contribution in [1.82, 2.24) is 4.90 Å². The van der Waals surface area contributed by atoms with Gasteiger partial charge in [-0.3, -0.25) is 4.79 Å². The van der Waals surface area contributed by atoms with Gasteiger partial charge in [-0.05, 0) is 37.7 Å². The quantitative estimate of drug-likeness (QED) is 0.887. The Bertz CT molecular complexity index is 416. The number of nitrogens with zero attached hydrogens (tertiary/aromatic N) is 1. The number of likely N-dealkylation sites (N-methyl/N-ethyl adjacent to an activating group) is 1. The van der Waals surface area contributed by atoms with Gasteiger partial charge in [0, 0.05) is 12.5 Å². The molecule has 4 heteroatoms.